The lowest BCUT2D eigenvalue weighted by Gasteiger charge is -2.38. The van der Waals surface area contributed by atoms with Crippen LogP contribution in [-0.2, 0) is 19.2 Å². The van der Waals surface area contributed by atoms with Crippen LogP contribution in [0.1, 0.15) is 91.4 Å². The zero-order valence-electron chi connectivity index (χ0n) is 29.1. The van der Waals surface area contributed by atoms with Gasteiger partial charge in [-0.05, 0) is 53.6 Å². The molecule has 1 saturated heterocycles. The molecule has 47 heavy (non-hydrogen) atoms. The van der Waals surface area contributed by atoms with Crippen LogP contribution in [0.5, 0.6) is 0 Å². The van der Waals surface area contributed by atoms with Crippen molar-refractivity contribution in [3.63, 3.8) is 0 Å². The van der Waals surface area contributed by atoms with Gasteiger partial charge < -0.3 is 31.9 Å². The Hall–Kier alpha value is -3.96. The standard InChI is InChI=1S/C35H54N6O6/c1-20(2)23-16-17-41(26(23)31(45)38-24(18-21-14-15-21)27(42)29(36)43)32(46)28(35(6,7)8)40-33(47)39-25(34(3,4)5)19-37-30(44)22-12-10-9-11-13-22/h9-13,20-21,23-26,28H,14-19H2,1-8H3,(H2,36,43)(H,37,44)(H,38,45)(H2,39,40,47)/t23-,24?,25-,26+,28-/m1/s1. The first-order valence-corrected chi connectivity index (χ1v) is 16.7. The Morgan fingerprint density at radius 2 is 1.49 bits per heavy atom. The number of amides is 6. The van der Waals surface area contributed by atoms with Crippen molar-refractivity contribution < 1.29 is 28.8 Å². The molecular weight excluding hydrogens is 600 g/mol. The first kappa shape index (κ1) is 37.5. The third-order valence-electron chi connectivity index (χ3n) is 9.24. The molecule has 2 fully saturated rings. The summed E-state index contributed by atoms with van der Waals surface area (Å²) in [5, 5.41) is 11.5. The normalized spacial score (nSPS) is 20.1. The van der Waals surface area contributed by atoms with Crippen molar-refractivity contribution in [1.82, 2.24) is 26.2 Å². The molecule has 12 nitrogen and oxygen atoms in total. The van der Waals surface area contributed by atoms with Crippen LogP contribution in [0, 0.1) is 28.6 Å². The lowest BCUT2D eigenvalue weighted by atomic mass is 9.84. The molecule has 260 valence electrons. The van der Waals surface area contributed by atoms with Gasteiger partial charge in [0.2, 0.25) is 17.6 Å². The number of hydrogen-bond acceptors (Lipinski definition) is 6. The van der Waals surface area contributed by atoms with Crippen molar-refractivity contribution in [2.75, 3.05) is 13.1 Å². The molecule has 1 saturated carbocycles. The van der Waals surface area contributed by atoms with Crippen LogP contribution in [-0.4, -0.2) is 77.6 Å². The highest BCUT2D eigenvalue weighted by Gasteiger charge is 2.48. The lowest BCUT2D eigenvalue weighted by Crippen LogP contribution is -2.62. The van der Waals surface area contributed by atoms with Crippen molar-refractivity contribution >= 4 is 35.4 Å². The summed E-state index contributed by atoms with van der Waals surface area (Å²) < 4.78 is 0. The van der Waals surface area contributed by atoms with Gasteiger partial charge in [0.25, 0.3) is 11.8 Å². The maximum Gasteiger partial charge on any atom is 0.315 e. The second-order valence-electron chi connectivity index (χ2n) is 15.6. The second kappa shape index (κ2) is 15.3. The van der Waals surface area contributed by atoms with Gasteiger partial charge in [0.1, 0.15) is 12.1 Å². The first-order valence-electron chi connectivity index (χ1n) is 16.7. The molecule has 0 bridgehead atoms. The van der Waals surface area contributed by atoms with Crippen molar-refractivity contribution in [2.45, 2.75) is 105 Å². The van der Waals surface area contributed by atoms with Crippen molar-refractivity contribution in [3.8, 4) is 0 Å². The summed E-state index contributed by atoms with van der Waals surface area (Å²) in [7, 11) is 0. The summed E-state index contributed by atoms with van der Waals surface area (Å²) in [5.74, 6) is -3.05. The van der Waals surface area contributed by atoms with Gasteiger partial charge in [-0.2, -0.15) is 0 Å². The highest BCUT2D eigenvalue weighted by atomic mass is 16.2. The fraction of sp³-hybridized carbons (Fsp3) is 0.657. The van der Waals surface area contributed by atoms with E-state index in [0.29, 0.717) is 24.9 Å². The molecule has 6 amide bonds. The summed E-state index contributed by atoms with van der Waals surface area (Å²) in [6.45, 7) is 15.7. The molecule has 2 aliphatic rings. The number of benzene rings is 1. The Kier molecular flexibility index (Phi) is 12.2. The van der Waals surface area contributed by atoms with E-state index in [9.17, 15) is 28.8 Å². The third-order valence-corrected chi connectivity index (χ3v) is 9.24. The minimum atomic E-state index is -1.10. The van der Waals surface area contributed by atoms with Crippen LogP contribution >= 0.6 is 0 Å². The highest BCUT2D eigenvalue weighted by Crippen LogP contribution is 2.35. The van der Waals surface area contributed by atoms with E-state index < -0.39 is 64.5 Å². The van der Waals surface area contributed by atoms with Crippen LogP contribution in [0.15, 0.2) is 30.3 Å². The number of urea groups is 1. The molecule has 0 aromatic heterocycles. The summed E-state index contributed by atoms with van der Waals surface area (Å²) in [6, 6.07) is 4.79. The molecular formula is C35H54N6O6. The molecule has 1 aromatic carbocycles. The molecule has 1 heterocycles. The largest absolute Gasteiger partial charge is 0.363 e. The van der Waals surface area contributed by atoms with Gasteiger partial charge in [0.05, 0.1) is 12.1 Å². The zero-order chi connectivity index (χ0) is 35.3. The molecule has 1 aliphatic heterocycles. The minimum Gasteiger partial charge on any atom is -0.363 e. The zero-order valence-corrected chi connectivity index (χ0v) is 29.1. The van der Waals surface area contributed by atoms with Crippen molar-refractivity contribution in [1.29, 1.82) is 0 Å². The molecule has 6 N–H and O–H groups in total. The Labute approximate surface area is 278 Å². The Balaban J connectivity index is 1.78. The van der Waals surface area contributed by atoms with E-state index in [4.69, 9.17) is 5.73 Å². The number of ketones is 1. The van der Waals surface area contributed by atoms with Crippen LogP contribution in [0.2, 0.25) is 0 Å². The number of likely N-dealkylation sites (tertiary alicyclic amines) is 1. The number of Topliss-reactive ketones (excluding diaryl/α,β-unsaturated/α-hetero) is 1. The quantitative estimate of drug-likeness (QED) is 0.204. The number of nitrogens with one attached hydrogen (secondary N) is 4. The van der Waals surface area contributed by atoms with Gasteiger partial charge in [-0.1, -0.05) is 86.4 Å². The molecule has 1 aliphatic carbocycles. The highest BCUT2D eigenvalue weighted by molar-refractivity contribution is 6.37. The SMILES string of the molecule is CC(C)[C@H]1CCN(C(=O)[C@@H](NC(=O)N[C@H](CNC(=O)c2ccccc2)C(C)(C)C)C(C)(C)C)[C@@H]1C(=O)NC(CC1CC1)C(=O)C(N)=O. The van der Waals surface area contributed by atoms with E-state index in [2.05, 4.69) is 21.3 Å². The average Bonchev–Trinajstić information content (AvgIpc) is 3.68. The molecule has 5 atom stereocenters. The van der Waals surface area contributed by atoms with Gasteiger partial charge >= 0.3 is 6.03 Å². The summed E-state index contributed by atoms with van der Waals surface area (Å²) in [5.41, 5.74) is 4.63. The Morgan fingerprint density at radius 1 is 0.872 bits per heavy atom. The van der Waals surface area contributed by atoms with Gasteiger partial charge in [-0.25, -0.2) is 4.79 Å². The van der Waals surface area contributed by atoms with Crippen molar-refractivity contribution in [3.05, 3.63) is 35.9 Å². The van der Waals surface area contributed by atoms with Gasteiger partial charge in [-0.3, -0.25) is 24.0 Å². The number of hydrogen-bond donors (Lipinski definition) is 5. The predicted octanol–water partition coefficient (Wildman–Crippen LogP) is 2.76. The van der Waals surface area contributed by atoms with Gasteiger partial charge in [0.15, 0.2) is 0 Å². The molecule has 1 unspecified atom stereocenters. The third kappa shape index (κ3) is 10.3. The summed E-state index contributed by atoms with van der Waals surface area (Å²) in [4.78, 5) is 80.2. The first-order chi connectivity index (χ1) is 21.8. The van der Waals surface area contributed by atoms with Gasteiger partial charge in [-0.15, -0.1) is 0 Å². The number of rotatable bonds is 13. The maximum atomic E-state index is 14.3. The Morgan fingerprint density at radius 3 is 2.00 bits per heavy atom. The molecule has 1 aromatic rings. The fourth-order valence-corrected chi connectivity index (χ4v) is 6.05. The smallest absolute Gasteiger partial charge is 0.315 e. The maximum absolute atomic E-state index is 14.3. The van der Waals surface area contributed by atoms with E-state index in [-0.39, 0.29) is 30.2 Å². The molecule has 3 rings (SSSR count). The van der Waals surface area contributed by atoms with E-state index in [1.54, 1.807) is 24.3 Å². The fourth-order valence-electron chi connectivity index (χ4n) is 6.05. The number of carbonyl (C=O) groups is 6. The Bertz CT molecular complexity index is 1310. The number of nitrogens with zero attached hydrogens (tertiary/aromatic N) is 1. The lowest BCUT2D eigenvalue weighted by molar-refractivity contribution is -0.144. The van der Waals surface area contributed by atoms with Crippen LogP contribution in [0.4, 0.5) is 4.79 Å². The van der Waals surface area contributed by atoms with E-state index in [1.807, 2.05) is 61.5 Å². The van der Waals surface area contributed by atoms with Crippen molar-refractivity contribution in [2.24, 2.45) is 34.3 Å². The van der Waals surface area contributed by atoms with E-state index in [0.717, 1.165) is 12.8 Å². The topological polar surface area (TPSA) is 180 Å². The van der Waals surface area contributed by atoms with E-state index in [1.165, 1.54) is 4.90 Å². The molecule has 12 heteroatoms. The van der Waals surface area contributed by atoms with Gasteiger partial charge in [0, 0.05) is 18.7 Å². The summed E-state index contributed by atoms with van der Waals surface area (Å²) in [6.07, 6.45) is 2.72. The second-order valence-corrected chi connectivity index (χ2v) is 15.6. The van der Waals surface area contributed by atoms with E-state index >= 15 is 0 Å². The predicted molar refractivity (Wildman–Crippen MR) is 179 cm³/mol. The van der Waals surface area contributed by atoms with Crippen LogP contribution in [0.3, 0.4) is 0 Å². The average molecular weight is 655 g/mol. The number of nitrogens with two attached hydrogens (primary N) is 1. The monoisotopic (exact) mass is 654 g/mol. The minimum absolute atomic E-state index is 0.0419. The molecule has 0 radical (unpaired) electrons. The van der Waals surface area contributed by atoms with Crippen LogP contribution < -0.4 is 27.0 Å². The molecule has 0 spiro atoms. The summed E-state index contributed by atoms with van der Waals surface area (Å²) >= 11 is 0. The van der Waals surface area contributed by atoms with Crippen LogP contribution in [0.25, 0.3) is 0 Å². The number of carbonyl (C=O) groups excluding carboxylic acids is 6. The number of primary amides is 1.